The third-order valence-electron chi connectivity index (χ3n) is 3.99. The number of carbonyl (C=O) groups is 2. The standard InChI is InChI=1S/C20H16N4O3S2/c1-12-10-16(27-24-12)19(26)23-22-18(25)14-8-6-13(7-9-14)11-28-20-21-15-4-2-3-5-17(15)29-20/h2-10H,11H2,1H3,(H,22,25)(H,23,26). The van der Waals surface area contributed by atoms with Crippen molar-refractivity contribution in [3.8, 4) is 0 Å². The Hall–Kier alpha value is -3.17. The van der Waals surface area contributed by atoms with E-state index >= 15 is 0 Å². The van der Waals surface area contributed by atoms with Gasteiger partial charge in [0.1, 0.15) is 0 Å². The summed E-state index contributed by atoms with van der Waals surface area (Å²) in [5.41, 5.74) is 7.77. The molecular weight excluding hydrogens is 408 g/mol. The van der Waals surface area contributed by atoms with E-state index < -0.39 is 11.8 Å². The van der Waals surface area contributed by atoms with Crippen molar-refractivity contribution in [2.24, 2.45) is 0 Å². The van der Waals surface area contributed by atoms with E-state index in [2.05, 4.69) is 27.1 Å². The van der Waals surface area contributed by atoms with Crippen LogP contribution < -0.4 is 10.9 Å². The minimum atomic E-state index is -0.567. The number of amides is 2. The molecule has 2 amide bonds. The minimum Gasteiger partial charge on any atom is -0.351 e. The van der Waals surface area contributed by atoms with Crippen LogP contribution in [0.1, 0.15) is 32.2 Å². The highest BCUT2D eigenvalue weighted by molar-refractivity contribution is 8.00. The number of hydrazine groups is 1. The summed E-state index contributed by atoms with van der Waals surface area (Å²) in [6.07, 6.45) is 0. The molecule has 0 saturated heterocycles. The average molecular weight is 425 g/mol. The molecular formula is C20H16N4O3S2. The van der Waals surface area contributed by atoms with Crippen LogP contribution >= 0.6 is 23.1 Å². The lowest BCUT2D eigenvalue weighted by Crippen LogP contribution is -2.41. The number of thioether (sulfide) groups is 1. The highest BCUT2D eigenvalue weighted by atomic mass is 32.2. The molecule has 4 rings (SSSR count). The van der Waals surface area contributed by atoms with Gasteiger partial charge in [-0.2, -0.15) is 0 Å². The fourth-order valence-electron chi connectivity index (χ4n) is 2.53. The van der Waals surface area contributed by atoms with Gasteiger partial charge in [-0.1, -0.05) is 41.2 Å². The lowest BCUT2D eigenvalue weighted by molar-refractivity contribution is 0.0825. The Balaban J connectivity index is 1.31. The van der Waals surface area contributed by atoms with Crippen LogP contribution in [0.2, 0.25) is 0 Å². The van der Waals surface area contributed by atoms with Crippen LogP contribution in [0, 0.1) is 6.92 Å². The van der Waals surface area contributed by atoms with Crippen LogP contribution in [0.5, 0.6) is 0 Å². The second-order valence-corrected chi connectivity index (χ2v) is 8.43. The second-order valence-electron chi connectivity index (χ2n) is 6.17. The number of thiazole rings is 1. The molecule has 0 fully saturated rings. The van der Waals surface area contributed by atoms with Crippen LogP contribution in [0.25, 0.3) is 10.2 Å². The van der Waals surface area contributed by atoms with E-state index in [1.165, 1.54) is 10.8 Å². The molecule has 2 aromatic carbocycles. The molecule has 2 heterocycles. The molecule has 146 valence electrons. The number of carbonyl (C=O) groups excluding carboxylic acids is 2. The number of nitrogens with zero attached hydrogens (tertiary/aromatic N) is 2. The molecule has 0 aliphatic rings. The molecule has 0 aliphatic carbocycles. The normalized spacial score (nSPS) is 10.8. The van der Waals surface area contributed by atoms with Crippen molar-refractivity contribution in [3.63, 3.8) is 0 Å². The predicted octanol–water partition coefficient (Wildman–Crippen LogP) is 3.96. The number of hydrogen-bond acceptors (Lipinski definition) is 7. The minimum absolute atomic E-state index is 0.0324. The fourth-order valence-corrected chi connectivity index (χ4v) is 4.55. The van der Waals surface area contributed by atoms with Gasteiger partial charge in [0.15, 0.2) is 4.34 Å². The Morgan fingerprint density at radius 3 is 2.55 bits per heavy atom. The number of aryl methyl sites for hydroxylation is 1. The molecule has 0 spiro atoms. The van der Waals surface area contributed by atoms with Crippen molar-refractivity contribution in [3.05, 3.63) is 77.2 Å². The summed E-state index contributed by atoms with van der Waals surface area (Å²) < 4.78 is 7.03. The molecule has 0 bridgehead atoms. The molecule has 2 N–H and O–H groups in total. The molecule has 0 aliphatic heterocycles. The first-order valence-electron chi connectivity index (χ1n) is 8.70. The van der Waals surface area contributed by atoms with Crippen molar-refractivity contribution in [2.75, 3.05) is 0 Å². The van der Waals surface area contributed by atoms with Crippen LogP contribution in [0.4, 0.5) is 0 Å². The van der Waals surface area contributed by atoms with E-state index in [-0.39, 0.29) is 5.76 Å². The Kier molecular flexibility index (Phi) is 5.59. The summed E-state index contributed by atoms with van der Waals surface area (Å²) in [6, 6.07) is 16.7. The zero-order valence-electron chi connectivity index (χ0n) is 15.3. The number of hydrogen-bond donors (Lipinski definition) is 2. The lowest BCUT2D eigenvalue weighted by Gasteiger charge is -2.06. The first-order chi connectivity index (χ1) is 14.1. The van der Waals surface area contributed by atoms with Gasteiger partial charge in [-0.25, -0.2) is 4.98 Å². The zero-order chi connectivity index (χ0) is 20.2. The SMILES string of the molecule is Cc1cc(C(=O)NNC(=O)c2ccc(CSc3nc4ccccc4s3)cc2)on1. The van der Waals surface area contributed by atoms with E-state index in [9.17, 15) is 9.59 Å². The molecule has 0 atom stereocenters. The fraction of sp³-hybridized carbons (Fsp3) is 0.100. The molecule has 0 saturated carbocycles. The summed E-state index contributed by atoms with van der Waals surface area (Å²) in [5, 5.41) is 3.63. The van der Waals surface area contributed by atoms with Gasteiger partial charge in [0, 0.05) is 17.4 Å². The molecule has 4 aromatic rings. The zero-order valence-corrected chi connectivity index (χ0v) is 17.0. The van der Waals surface area contributed by atoms with Gasteiger partial charge in [0.05, 0.1) is 15.9 Å². The number of fused-ring (bicyclic) bond motifs is 1. The topological polar surface area (TPSA) is 97.1 Å². The first kappa shape index (κ1) is 19.2. The predicted molar refractivity (Wildman–Crippen MR) is 112 cm³/mol. The number of para-hydroxylation sites is 1. The highest BCUT2D eigenvalue weighted by Crippen LogP contribution is 2.31. The van der Waals surface area contributed by atoms with E-state index in [0.717, 1.165) is 21.2 Å². The third-order valence-corrected chi connectivity index (χ3v) is 6.24. The number of nitrogens with one attached hydrogen (secondary N) is 2. The maximum absolute atomic E-state index is 12.2. The molecule has 7 nitrogen and oxygen atoms in total. The molecule has 0 unspecified atom stereocenters. The van der Waals surface area contributed by atoms with Gasteiger partial charge in [0.2, 0.25) is 5.76 Å². The van der Waals surface area contributed by atoms with Crippen molar-refractivity contribution in [1.82, 2.24) is 21.0 Å². The highest BCUT2D eigenvalue weighted by Gasteiger charge is 2.13. The Labute approximate surface area is 174 Å². The number of benzene rings is 2. The Morgan fingerprint density at radius 2 is 1.83 bits per heavy atom. The quantitative estimate of drug-likeness (QED) is 0.372. The van der Waals surface area contributed by atoms with E-state index in [0.29, 0.717) is 11.3 Å². The Bertz CT molecular complexity index is 1130. The number of aromatic nitrogens is 2. The van der Waals surface area contributed by atoms with E-state index in [4.69, 9.17) is 4.52 Å². The van der Waals surface area contributed by atoms with Gasteiger partial charge in [0.25, 0.3) is 5.91 Å². The summed E-state index contributed by atoms with van der Waals surface area (Å²) in [6.45, 7) is 1.70. The van der Waals surface area contributed by atoms with Crippen molar-refractivity contribution >= 4 is 45.1 Å². The van der Waals surface area contributed by atoms with Crippen LogP contribution in [-0.2, 0) is 5.75 Å². The Morgan fingerprint density at radius 1 is 1.07 bits per heavy atom. The van der Waals surface area contributed by atoms with Crippen molar-refractivity contribution < 1.29 is 14.1 Å². The van der Waals surface area contributed by atoms with Gasteiger partial charge in [-0.3, -0.25) is 20.4 Å². The summed E-state index contributed by atoms with van der Waals surface area (Å²) in [7, 11) is 0. The summed E-state index contributed by atoms with van der Waals surface area (Å²) in [4.78, 5) is 28.7. The van der Waals surface area contributed by atoms with Crippen LogP contribution in [0.3, 0.4) is 0 Å². The van der Waals surface area contributed by atoms with E-state index in [1.54, 1.807) is 42.2 Å². The van der Waals surface area contributed by atoms with Crippen molar-refractivity contribution in [1.29, 1.82) is 0 Å². The first-order valence-corrected chi connectivity index (χ1v) is 10.5. The largest absolute Gasteiger partial charge is 0.351 e. The van der Waals surface area contributed by atoms with Crippen LogP contribution in [-0.4, -0.2) is 22.0 Å². The van der Waals surface area contributed by atoms with Gasteiger partial charge >= 0.3 is 5.91 Å². The van der Waals surface area contributed by atoms with Crippen molar-refractivity contribution in [2.45, 2.75) is 17.0 Å². The van der Waals surface area contributed by atoms with Crippen LogP contribution in [0.15, 0.2) is 63.5 Å². The lowest BCUT2D eigenvalue weighted by atomic mass is 10.1. The maximum Gasteiger partial charge on any atom is 0.308 e. The molecule has 9 heteroatoms. The monoisotopic (exact) mass is 424 g/mol. The molecule has 2 aromatic heterocycles. The third kappa shape index (κ3) is 4.64. The second kappa shape index (κ2) is 8.46. The van der Waals surface area contributed by atoms with Gasteiger partial charge < -0.3 is 4.52 Å². The smallest absolute Gasteiger partial charge is 0.308 e. The molecule has 0 radical (unpaired) electrons. The van der Waals surface area contributed by atoms with Gasteiger partial charge in [-0.05, 0) is 36.8 Å². The number of rotatable bonds is 5. The van der Waals surface area contributed by atoms with Gasteiger partial charge in [-0.15, -0.1) is 11.3 Å². The van der Waals surface area contributed by atoms with E-state index in [1.807, 2.05) is 30.3 Å². The molecule has 29 heavy (non-hydrogen) atoms. The maximum atomic E-state index is 12.2. The summed E-state index contributed by atoms with van der Waals surface area (Å²) >= 11 is 3.33. The summed E-state index contributed by atoms with van der Waals surface area (Å²) in [5.74, 6) is -0.198. The average Bonchev–Trinajstić information content (AvgIpc) is 3.36.